The molecule has 3 aromatic rings. The second kappa shape index (κ2) is 5.47. The van der Waals surface area contributed by atoms with Crippen molar-refractivity contribution in [3.8, 4) is 0 Å². The number of carbonyl (C=O) groups is 1. The van der Waals surface area contributed by atoms with Crippen molar-refractivity contribution >= 4 is 22.9 Å². The van der Waals surface area contributed by atoms with Gasteiger partial charge in [-0.05, 0) is 0 Å². The van der Waals surface area contributed by atoms with Gasteiger partial charge < -0.3 is 4.98 Å². The Kier molecular flexibility index (Phi) is 3.58. The predicted molar refractivity (Wildman–Crippen MR) is 75.0 cm³/mol. The topological polar surface area (TPSA) is 110 Å². The van der Waals surface area contributed by atoms with E-state index in [1.54, 1.807) is 7.05 Å². The molecule has 1 amide bonds. The van der Waals surface area contributed by atoms with E-state index in [1.807, 2.05) is 4.98 Å². The summed E-state index contributed by atoms with van der Waals surface area (Å²) < 4.78 is 39.8. The zero-order chi connectivity index (χ0) is 17.5. The molecular formula is C12H10F3N7O2. The van der Waals surface area contributed by atoms with E-state index < -0.39 is 29.9 Å². The van der Waals surface area contributed by atoms with E-state index in [1.165, 1.54) is 10.9 Å². The van der Waals surface area contributed by atoms with E-state index >= 15 is 0 Å². The molecule has 0 fully saturated rings. The van der Waals surface area contributed by atoms with Crippen LogP contribution in [0.4, 0.5) is 19.1 Å². The Morgan fingerprint density at radius 3 is 2.75 bits per heavy atom. The fraction of sp³-hybridized carbons (Fsp3) is 0.250. The lowest BCUT2D eigenvalue weighted by atomic mass is 10.4. The first-order chi connectivity index (χ1) is 11.3. The van der Waals surface area contributed by atoms with Gasteiger partial charge in [0.25, 0.3) is 5.56 Å². The molecule has 0 aliphatic rings. The number of aryl methyl sites for hydroxylation is 1. The number of alkyl halides is 3. The molecule has 0 aromatic carbocycles. The van der Waals surface area contributed by atoms with Crippen LogP contribution in [0.3, 0.4) is 0 Å². The highest BCUT2D eigenvalue weighted by atomic mass is 19.4. The first kappa shape index (κ1) is 15.7. The first-order valence-corrected chi connectivity index (χ1v) is 6.55. The number of anilines is 1. The van der Waals surface area contributed by atoms with Crippen LogP contribution in [0, 0.1) is 0 Å². The van der Waals surface area contributed by atoms with Crippen LogP contribution >= 0.6 is 0 Å². The number of nitrogens with zero attached hydrogens (tertiary/aromatic N) is 5. The number of halogens is 3. The summed E-state index contributed by atoms with van der Waals surface area (Å²) in [4.78, 5) is 33.4. The molecule has 0 bridgehead atoms. The highest BCUT2D eigenvalue weighted by molar-refractivity contribution is 5.89. The van der Waals surface area contributed by atoms with Gasteiger partial charge in [0.1, 0.15) is 24.0 Å². The van der Waals surface area contributed by atoms with Gasteiger partial charge in [0.15, 0.2) is 5.65 Å². The molecule has 12 heteroatoms. The van der Waals surface area contributed by atoms with Gasteiger partial charge >= 0.3 is 6.18 Å². The Morgan fingerprint density at radius 2 is 2.08 bits per heavy atom. The molecule has 0 saturated carbocycles. The second-order valence-corrected chi connectivity index (χ2v) is 4.87. The molecule has 0 aliphatic carbocycles. The zero-order valence-corrected chi connectivity index (χ0v) is 12.1. The highest BCUT2D eigenvalue weighted by Crippen LogP contribution is 2.27. The van der Waals surface area contributed by atoms with Crippen molar-refractivity contribution in [2.24, 2.45) is 7.05 Å². The number of amides is 1. The Morgan fingerprint density at radius 1 is 1.33 bits per heavy atom. The molecule has 0 unspecified atom stereocenters. The van der Waals surface area contributed by atoms with Crippen LogP contribution in [0.15, 0.2) is 23.5 Å². The monoisotopic (exact) mass is 341 g/mol. The summed E-state index contributed by atoms with van der Waals surface area (Å²) in [5.41, 5.74) is -1.22. The van der Waals surface area contributed by atoms with Gasteiger partial charge in [0.2, 0.25) is 11.9 Å². The Balaban J connectivity index is 1.77. The van der Waals surface area contributed by atoms with Crippen LogP contribution in [0.2, 0.25) is 0 Å². The molecule has 0 aliphatic heterocycles. The minimum absolute atomic E-state index is 0.227. The normalized spacial score (nSPS) is 11.8. The fourth-order valence-corrected chi connectivity index (χ4v) is 2.03. The number of fused-ring (bicyclic) bond motifs is 1. The van der Waals surface area contributed by atoms with Crippen LogP contribution in [0.5, 0.6) is 0 Å². The molecule has 0 saturated heterocycles. The van der Waals surface area contributed by atoms with Crippen LogP contribution in [0.1, 0.15) is 5.69 Å². The van der Waals surface area contributed by atoms with Crippen LogP contribution in [-0.4, -0.2) is 35.2 Å². The van der Waals surface area contributed by atoms with E-state index in [4.69, 9.17) is 0 Å². The lowest BCUT2D eigenvalue weighted by molar-refractivity contribution is -0.140. The Bertz CT molecular complexity index is 969. The van der Waals surface area contributed by atoms with Crippen molar-refractivity contribution in [2.75, 3.05) is 5.32 Å². The predicted octanol–water partition coefficient (Wildman–Crippen LogP) is 0.511. The van der Waals surface area contributed by atoms with Crippen LogP contribution in [0.25, 0.3) is 11.0 Å². The van der Waals surface area contributed by atoms with Gasteiger partial charge in [0, 0.05) is 7.05 Å². The van der Waals surface area contributed by atoms with Gasteiger partial charge in [-0.15, -0.1) is 0 Å². The van der Waals surface area contributed by atoms with E-state index in [2.05, 4.69) is 20.4 Å². The van der Waals surface area contributed by atoms with Gasteiger partial charge in [-0.3, -0.25) is 24.2 Å². The molecule has 9 nitrogen and oxygen atoms in total. The SMILES string of the molecule is Cn1ncc2c(=O)n(CC(=O)Nc3ncc(C(F)(F)F)[nH]3)cnc21. The summed E-state index contributed by atoms with van der Waals surface area (Å²) in [5, 5.41) is 6.27. The minimum atomic E-state index is -4.60. The van der Waals surface area contributed by atoms with Crippen molar-refractivity contribution in [3.63, 3.8) is 0 Å². The Labute approximate surface area is 131 Å². The number of carbonyl (C=O) groups excluding carboxylic acids is 1. The van der Waals surface area contributed by atoms with Crippen molar-refractivity contribution in [2.45, 2.75) is 12.7 Å². The number of hydrogen-bond acceptors (Lipinski definition) is 5. The maximum Gasteiger partial charge on any atom is 0.432 e. The van der Waals surface area contributed by atoms with Crippen molar-refractivity contribution in [1.29, 1.82) is 0 Å². The van der Waals surface area contributed by atoms with Gasteiger partial charge in [-0.1, -0.05) is 0 Å². The molecule has 0 spiro atoms. The number of aromatic nitrogens is 6. The van der Waals surface area contributed by atoms with Crippen LogP contribution in [-0.2, 0) is 24.6 Å². The highest BCUT2D eigenvalue weighted by Gasteiger charge is 2.33. The number of nitrogens with one attached hydrogen (secondary N) is 2. The van der Waals surface area contributed by atoms with E-state index in [-0.39, 0.29) is 11.3 Å². The largest absolute Gasteiger partial charge is 0.432 e. The number of rotatable bonds is 3. The van der Waals surface area contributed by atoms with Crippen molar-refractivity contribution in [3.05, 3.63) is 34.8 Å². The molecule has 2 N–H and O–H groups in total. The third-order valence-corrected chi connectivity index (χ3v) is 3.17. The minimum Gasteiger partial charge on any atom is -0.320 e. The van der Waals surface area contributed by atoms with Crippen molar-refractivity contribution < 1.29 is 18.0 Å². The molecule has 3 aromatic heterocycles. The van der Waals surface area contributed by atoms with E-state index in [0.29, 0.717) is 11.8 Å². The standard InChI is InChI=1S/C12H10F3N7O2/c1-21-9-6(2-18-21)10(24)22(5-17-9)4-8(23)20-11-16-3-7(19-11)12(13,14)15/h2-3,5H,4H2,1H3,(H2,16,19,20,23). The van der Waals surface area contributed by atoms with Gasteiger partial charge in [0.05, 0.1) is 12.4 Å². The number of hydrogen-bond donors (Lipinski definition) is 2. The quantitative estimate of drug-likeness (QED) is 0.721. The molecule has 3 heterocycles. The summed E-state index contributed by atoms with van der Waals surface area (Å²) in [6.45, 7) is -0.432. The van der Waals surface area contributed by atoms with Gasteiger partial charge in [-0.25, -0.2) is 9.97 Å². The summed E-state index contributed by atoms with van der Waals surface area (Å²) >= 11 is 0. The van der Waals surface area contributed by atoms with E-state index in [0.717, 1.165) is 10.9 Å². The average Bonchev–Trinajstić information content (AvgIpc) is 3.09. The zero-order valence-electron chi connectivity index (χ0n) is 12.1. The summed E-state index contributed by atoms with van der Waals surface area (Å²) in [6.07, 6.45) is -1.55. The smallest absolute Gasteiger partial charge is 0.320 e. The molecule has 0 radical (unpaired) electrons. The summed E-state index contributed by atoms with van der Waals surface area (Å²) in [6, 6.07) is 0. The second-order valence-electron chi connectivity index (χ2n) is 4.87. The molecular weight excluding hydrogens is 331 g/mol. The Hall–Kier alpha value is -3.18. The number of imidazole rings is 1. The number of aromatic amines is 1. The van der Waals surface area contributed by atoms with Crippen LogP contribution < -0.4 is 10.9 Å². The first-order valence-electron chi connectivity index (χ1n) is 6.55. The summed E-state index contributed by atoms with van der Waals surface area (Å²) in [7, 11) is 1.61. The maximum absolute atomic E-state index is 12.4. The fourth-order valence-electron chi connectivity index (χ4n) is 2.03. The summed E-state index contributed by atoms with van der Waals surface area (Å²) in [5.74, 6) is -1.10. The van der Waals surface area contributed by atoms with Gasteiger partial charge in [-0.2, -0.15) is 18.3 Å². The average molecular weight is 341 g/mol. The molecule has 24 heavy (non-hydrogen) atoms. The number of H-pyrrole nitrogens is 1. The molecule has 0 atom stereocenters. The third kappa shape index (κ3) is 2.85. The lowest BCUT2D eigenvalue weighted by Gasteiger charge is -2.05. The third-order valence-electron chi connectivity index (χ3n) is 3.17. The maximum atomic E-state index is 12.4. The van der Waals surface area contributed by atoms with E-state index in [9.17, 15) is 22.8 Å². The lowest BCUT2D eigenvalue weighted by Crippen LogP contribution is -2.28. The molecule has 3 rings (SSSR count). The molecule has 126 valence electrons. The van der Waals surface area contributed by atoms with Crippen molar-refractivity contribution in [1.82, 2.24) is 29.3 Å².